The predicted molar refractivity (Wildman–Crippen MR) is 76.5 cm³/mol. The predicted octanol–water partition coefficient (Wildman–Crippen LogP) is 2.06. The molecule has 1 aliphatic rings. The molecule has 3 rings (SSSR count). The van der Waals surface area contributed by atoms with Crippen molar-refractivity contribution in [3.05, 3.63) is 29.0 Å². The molecule has 20 heavy (non-hydrogen) atoms. The summed E-state index contributed by atoms with van der Waals surface area (Å²) in [6.45, 7) is 3.71. The molecule has 2 aromatic rings. The number of halogens is 2. The Morgan fingerprint density at radius 1 is 1.25 bits per heavy atom. The molecule has 0 amide bonds. The molecular formula is C13H15ClFN5. The maximum Gasteiger partial charge on any atom is 0.245 e. The van der Waals surface area contributed by atoms with Crippen LogP contribution in [0, 0.1) is 5.82 Å². The molecule has 0 bridgehead atoms. The number of nitrogens with zero attached hydrogens (tertiary/aromatic N) is 3. The number of H-pyrrole nitrogens is 1. The third-order valence-corrected chi connectivity index (χ3v) is 3.60. The lowest BCUT2D eigenvalue weighted by atomic mass is 10.2. The van der Waals surface area contributed by atoms with E-state index >= 15 is 0 Å². The lowest BCUT2D eigenvalue weighted by molar-refractivity contribution is 0.628. The Morgan fingerprint density at radius 2 is 2.15 bits per heavy atom. The minimum Gasteiger partial charge on any atom is -0.338 e. The fourth-order valence-corrected chi connectivity index (χ4v) is 2.33. The smallest absolute Gasteiger partial charge is 0.245 e. The minimum atomic E-state index is -0.457. The van der Waals surface area contributed by atoms with Gasteiger partial charge in [-0.05, 0) is 31.2 Å². The molecule has 0 radical (unpaired) electrons. The van der Waals surface area contributed by atoms with Crippen molar-refractivity contribution in [2.75, 3.05) is 31.1 Å². The molecule has 0 saturated carbocycles. The van der Waals surface area contributed by atoms with Crippen molar-refractivity contribution in [3.8, 4) is 11.4 Å². The Kier molecular flexibility index (Phi) is 3.84. The van der Waals surface area contributed by atoms with Crippen molar-refractivity contribution in [3.63, 3.8) is 0 Å². The molecule has 0 aliphatic carbocycles. The lowest BCUT2D eigenvalue weighted by Crippen LogP contribution is -2.28. The fraction of sp³-hybridized carbons (Fsp3) is 0.385. The van der Waals surface area contributed by atoms with Crippen molar-refractivity contribution in [2.45, 2.75) is 6.42 Å². The van der Waals surface area contributed by atoms with Gasteiger partial charge in [0, 0.05) is 25.2 Å². The fourth-order valence-electron chi connectivity index (χ4n) is 2.21. The minimum absolute atomic E-state index is 0.104. The molecule has 1 aliphatic heterocycles. The number of hydrogen-bond acceptors (Lipinski definition) is 4. The summed E-state index contributed by atoms with van der Waals surface area (Å²) in [6.07, 6.45) is 1.06. The van der Waals surface area contributed by atoms with E-state index in [9.17, 15) is 4.39 Å². The highest BCUT2D eigenvalue weighted by atomic mass is 35.5. The van der Waals surface area contributed by atoms with Gasteiger partial charge in [0.15, 0.2) is 5.82 Å². The molecule has 2 N–H and O–H groups in total. The zero-order valence-corrected chi connectivity index (χ0v) is 11.6. The first-order valence-electron chi connectivity index (χ1n) is 6.57. The van der Waals surface area contributed by atoms with Gasteiger partial charge in [-0.15, -0.1) is 5.10 Å². The maximum absolute atomic E-state index is 13.5. The summed E-state index contributed by atoms with van der Waals surface area (Å²) in [5.41, 5.74) is 0.638. The van der Waals surface area contributed by atoms with E-state index in [1.807, 2.05) is 0 Å². The van der Waals surface area contributed by atoms with Gasteiger partial charge in [0.1, 0.15) is 5.82 Å². The van der Waals surface area contributed by atoms with Gasteiger partial charge < -0.3 is 10.2 Å². The molecule has 5 nitrogen and oxygen atoms in total. The quantitative estimate of drug-likeness (QED) is 0.890. The van der Waals surface area contributed by atoms with Crippen LogP contribution in [0.25, 0.3) is 11.4 Å². The number of aromatic amines is 1. The van der Waals surface area contributed by atoms with Gasteiger partial charge in [-0.1, -0.05) is 11.6 Å². The third-order valence-electron chi connectivity index (χ3n) is 3.29. The molecule has 0 spiro atoms. The first kappa shape index (κ1) is 13.3. The zero-order chi connectivity index (χ0) is 13.9. The van der Waals surface area contributed by atoms with Crippen LogP contribution in [0.5, 0.6) is 0 Å². The summed E-state index contributed by atoms with van der Waals surface area (Å²) in [5.74, 6) is 0.743. The first-order chi connectivity index (χ1) is 9.74. The molecular weight excluding hydrogens is 281 g/mol. The van der Waals surface area contributed by atoms with E-state index in [-0.39, 0.29) is 5.02 Å². The number of nitrogens with one attached hydrogen (secondary N) is 2. The highest BCUT2D eigenvalue weighted by molar-refractivity contribution is 6.30. The van der Waals surface area contributed by atoms with Crippen LogP contribution < -0.4 is 10.2 Å². The number of hydrogen-bond donors (Lipinski definition) is 2. The monoisotopic (exact) mass is 295 g/mol. The van der Waals surface area contributed by atoms with Gasteiger partial charge in [0.2, 0.25) is 5.95 Å². The Hall–Kier alpha value is -1.66. The third kappa shape index (κ3) is 2.76. The molecule has 2 heterocycles. The van der Waals surface area contributed by atoms with Gasteiger partial charge in [-0.25, -0.2) is 4.39 Å². The summed E-state index contributed by atoms with van der Waals surface area (Å²) in [7, 11) is 0. The summed E-state index contributed by atoms with van der Waals surface area (Å²) in [6, 6.07) is 4.60. The second-order valence-corrected chi connectivity index (χ2v) is 5.11. The Labute approximate surface area is 121 Å². The normalized spacial score (nSPS) is 16.2. The van der Waals surface area contributed by atoms with Crippen LogP contribution in [0.4, 0.5) is 10.3 Å². The molecule has 0 atom stereocenters. The average Bonchev–Trinajstić information content (AvgIpc) is 2.78. The molecule has 0 unspecified atom stereocenters. The van der Waals surface area contributed by atoms with Crippen molar-refractivity contribution in [1.82, 2.24) is 20.5 Å². The van der Waals surface area contributed by atoms with E-state index in [1.165, 1.54) is 12.1 Å². The molecule has 1 aromatic heterocycles. The van der Waals surface area contributed by atoms with Gasteiger partial charge in [0.25, 0.3) is 0 Å². The highest BCUT2D eigenvalue weighted by Gasteiger charge is 2.15. The average molecular weight is 296 g/mol. The molecule has 106 valence electrons. The van der Waals surface area contributed by atoms with E-state index in [2.05, 4.69) is 25.4 Å². The Balaban J connectivity index is 1.83. The Bertz CT molecular complexity index is 592. The van der Waals surface area contributed by atoms with E-state index in [1.54, 1.807) is 6.07 Å². The molecule has 7 heteroatoms. The van der Waals surface area contributed by atoms with Crippen molar-refractivity contribution in [1.29, 1.82) is 0 Å². The van der Waals surface area contributed by atoms with Crippen LogP contribution in [0.3, 0.4) is 0 Å². The van der Waals surface area contributed by atoms with Crippen LogP contribution in [-0.4, -0.2) is 41.4 Å². The lowest BCUT2D eigenvalue weighted by Gasteiger charge is -2.16. The van der Waals surface area contributed by atoms with Gasteiger partial charge >= 0.3 is 0 Å². The SMILES string of the molecule is Fc1cc(-c2nc(N3CCCNCC3)n[nH]2)ccc1Cl. The van der Waals surface area contributed by atoms with E-state index in [0.29, 0.717) is 17.3 Å². The van der Waals surface area contributed by atoms with Crippen LogP contribution in [0.15, 0.2) is 18.2 Å². The topological polar surface area (TPSA) is 56.8 Å². The second-order valence-electron chi connectivity index (χ2n) is 4.70. The maximum atomic E-state index is 13.5. The van der Waals surface area contributed by atoms with Crippen LogP contribution in [-0.2, 0) is 0 Å². The van der Waals surface area contributed by atoms with Crippen LogP contribution in [0.1, 0.15) is 6.42 Å². The standard InChI is InChI=1S/C13H15ClFN5/c14-10-3-2-9(8-11(10)15)12-17-13(19-18-12)20-6-1-4-16-5-7-20/h2-3,8,16H,1,4-7H2,(H,17,18,19). The molecule has 1 fully saturated rings. The number of aromatic nitrogens is 3. The van der Waals surface area contributed by atoms with Gasteiger partial charge in [-0.2, -0.15) is 4.98 Å². The van der Waals surface area contributed by atoms with Crippen LogP contribution in [0.2, 0.25) is 5.02 Å². The number of benzene rings is 1. The molecule has 1 aromatic carbocycles. The highest BCUT2D eigenvalue weighted by Crippen LogP contribution is 2.23. The number of rotatable bonds is 2. The Morgan fingerprint density at radius 3 is 3.00 bits per heavy atom. The summed E-state index contributed by atoms with van der Waals surface area (Å²) in [4.78, 5) is 6.56. The summed E-state index contributed by atoms with van der Waals surface area (Å²) in [5, 5.41) is 10.5. The van der Waals surface area contributed by atoms with Crippen LogP contribution >= 0.6 is 11.6 Å². The van der Waals surface area contributed by atoms with E-state index in [4.69, 9.17) is 11.6 Å². The van der Waals surface area contributed by atoms with Gasteiger partial charge in [0.05, 0.1) is 5.02 Å². The largest absolute Gasteiger partial charge is 0.338 e. The van der Waals surface area contributed by atoms with Crippen molar-refractivity contribution >= 4 is 17.5 Å². The summed E-state index contributed by atoms with van der Waals surface area (Å²) >= 11 is 5.68. The van der Waals surface area contributed by atoms with E-state index < -0.39 is 5.82 Å². The zero-order valence-electron chi connectivity index (χ0n) is 10.9. The van der Waals surface area contributed by atoms with Crippen molar-refractivity contribution < 1.29 is 4.39 Å². The second kappa shape index (κ2) is 5.76. The number of anilines is 1. The van der Waals surface area contributed by atoms with Gasteiger partial charge in [-0.3, -0.25) is 5.10 Å². The van der Waals surface area contributed by atoms with E-state index in [0.717, 1.165) is 32.6 Å². The summed E-state index contributed by atoms with van der Waals surface area (Å²) < 4.78 is 13.5. The first-order valence-corrected chi connectivity index (χ1v) is 6.95. The van der Waals surface area contributed by atoms with Crippen molar-refractivity contribution in [2.24, 2.45) is 0 Å². The molecule has 1 saturated heterocycles.